The lowest BCUT2D eigenvalue weighted by Crippen LogP contribution is -2.49. The number of fused-ring (bicyclic) bond motifs is 3. The van der Waals surface area contributed by atoms with Crippen LogP contribution < -0.4 is 30.1 Å². The van der Waals surface area contributed by atoms with Crippen LogP contribution in [0.15, 0.2) is 58.5 Å². The van der Waals surface area contributed by atoms with Gasteiger partial charge in [0.1, 0.15) is 36.4 Å². The molecular formula is C38H45N9O9. The first-order chi connectivity index (χ1) is 27.0. The summed E-state index contributed by atoms with van der Waals surface area (Å²) in [5.41, 5.74) is 0.648. The molecule has 1 fully saturated rings. The van der Waals surface area contributed by atoms with E-state index in [2.05, 4.69) is 29.8 Å². The van der Waals surface area contributed by atoms with Gasteiger partial charge in [0.2, 0.25) is 0 Å². The lowest BCUT2D eigenvalue weighted by atomic mass is 10.0. The molecule has 18 heteroatoms. The lowest BCUT2D eigenvalue weighted by molar-refractivity contribution is -0.108. The molecule has 0 aromatic carbocycles. The summed E-state index contributed by atoms with van der Waals surface area (Å²) in [5, 5.41) is 1.46. The Morgan fingerprint density at radius 3 is 2.02 bits per heavy atom. The zero-order valence-corrected chi connectivity index (χ0v) is 32.0. The highest BCUT2D eigenvalue weighted by Gasteiger charge is 2.32. The molecule has 18 nitrogen and oxygen atoms in total. The Balaban J connectivity index is 0.000000277. The van der Waals surface area contributed by atoms with Crippen molar-refractivity contribution in [3.05, 3.63) is 75.3 Å². The number of piperidine rings is 1. The standard InChI is InChI=1S/C28H36N6O6.C10H9N3O3/c1-28(2,3)40-27(36)34(18-20-15-22-23(17-29-20)39-14-13-38-22)21-7-9-32(10-8-21)11-12-33-24(35)6-5-19-16-30-26(37-4)31-25(19)33;1-16-10-11-6-7-2-3-8(15)13(4-5-14)9(7)12-10/h5-6,15-17,21H,7-14,18H2,1-4H3;2-3,5-6H,4H2,1H3. The van der Waals surface area contributed by atoms with Gasteiger partial charge in [-0.25, -0.2) is 14.8 Å². The quantitative estimate of drug-likeness (QED) is 0.188. The number of ether oxygens (including phenoxy) is 5. The number of aldehydes is 1. The maximum atomic E-state index is 13.3. The largest absolute Gasteiger partial charge is 0.486 e. The minimum absolute atomic E-state index is 0.0154. The molecule has 0 atom stereocenters. The molecule has 5 aromatic rings. The molecule has 0 saturated carbocycles. The Hall–Kier alpha value is -6.17. The number of methoxy groups -OCH3 is 2. The van der Waals surface area contributed by atoms with Crippen molar-refractivity contribution in [2.45, 2.75) is 64.9 Å². The van der Waals surface area contributed by atoms with Crippen LogP contribution in [-0.4, -0.2) is 115 Å². The zero-order valence-electron chi connectivity index (χ0n) is 32.0. The van der Waals surface area contributed by atoms with Crippen LogP contribution in [0.4, 0.5) is 4.79 Å². The van der Waals surface area contributed by atoms with Crippen LogP contribution in [0.3, 0.4) is 0 Å². The smallest absolute Gasteiger partial charge is 0.410 e. The summed E-state index contributed by atoms with van der Waals surface area (Å²) in [6.07, 6.45) is 6.67. The van der Waals surface area contributed by atoms with Crippen molar-refractivity contribution in [3.8, 4) is 23.5 Å². The summed E-state index contributed by atoms with van der Waals surface area (Å²) in [6, 6.07) is 8.45. The predicted octanol–water partition coefficient (Wildman–Crippen LogP) is 2.87. The van der Waals surface area contributed by atoms with E-state index in [9.17, 15) is 19.2 Å². The van der Waals surface area contributed by atoms with Gasteiger partial charge >= 0.3 is 18.1 Å². The molecule has 7 rings (SSSR count). The molecule has 0 radical (unpaired) electrons. The molecular weight excluding hydrogens is 726 g/mol. The highest BCUT2D eigenvalue weighted by Crippen LogP contribution is 2.31. The molecule has 2 aliphatic heterocycles. The number of rotatable bonds is 10. The Morgan fingerprint density at radius 2 is 1.43 bits per heavy atom. The Kier molecular flexibility index (Phi) is 12.4. The Morgan fingerprint density at radius 1 is 0.839 bits per heavy atom. The summed E-state index contributed by atoms with van der Waals surface area (Å²) in [4.78, 5) is 73.1. The molecule has 1 amide bonds. The number of likely N-dealkylation sites (tertiary alicyclic amines) is 1. The van der Waals surface area contributed by atoms with E-state index in [1.807, 2.05) is 26.8 Å². The molecule has 56 heavy (non-hydrogen) atoms. The van der Waals surface area contributed by atoms with E-state index < -0.39 is 5.60 Å². The van der Waals surface area contributed by atoms with Gasteiger partial charge in [-0.2, -0.15) is 9.97 Å². The fourth-order valence-corrected chi connectivity index (χ4v) is 6.38. The molecule has 7 heterocycles. The van der Waals surface area contributed by atoms with Crippen LogP contribution in [0, 0.1) is 0 Å². The van der Waals surface area contributed by atoms with Crippen LogP contribution in [0.2, 0.25) is 0 Å². The third-order valence-electron chi connectivity index (χ3n) is 9.11. The number of carbonyl (C=O) groups excluding carboxylic acids is 2. The van der Waals surface area contributed by atoms with Crippen LogP contribution in [0.5, 0.6) is 23.5 Å². The summed E-state index contributed by atoms with van der Waals surface area (Å²) in [6.45, 7) is 9.55. The highest BCUT2D eigenvalue weighted by atomic mass is 16.6. The second-order valence-electron chi connectivity index (χ2n) is 14.0. The number of hydrogen-bond donors (Lipinski definition) is 0. The van der Waals surface area contributed by atoms with Gasteiger partial charge in [0.05, 0.1) is 39.2 Å². The number of pyridine rings is 3. The second kappa shape index (κ2) is 17.5. The molecule has 0 unspecified atom stereocenters. The lowest BCUT2D eigenvalue weighted by Gasteiger charge is -2.39. The van der Waals surface area contributed by atoms with E-state index in [1.165, 1.54) is 30.9 Å². The third-order valence-corrected chi connectivity index (χ3v) is 9.11. The average molecular weight is 772 g/mol. The topological polar surface area (TPSA) is 195 Å². The first kappa shape index (κ1) is 39.5. The van der Waals surface area contributed by atoms with Crippen molar-refractivity contribution >= 4 is 34.4 Å². The summed E-state index contributed by atoms with van der Waals surface area (Å²) < 4.78 is 30.0. The van der Waals surface area contributed by atoms with Crippen LogP contribution in [-0.2, 0) is 29.2 Å². The predicted molar refractivity (Wildman–Crippen MR) is 203 cm³/mol. The number of aromatic nitrogens is 7. The van der Waals surface area contributed by atoms with E-state index in [-0.39, 0.29) is 41.8 Å². The third kappa shape index (κ3) is 9.55. The molecule has 1 saturated heterocycles. The minimum Gasteiger partial charge on any atom is -0.486 e. The van der Waals surface area contributed by atoms with Gasteiger partial charge in [0.25, 0.3) is 11.1 Å². The van der Waals surface area contributed by atoms with Gasteiger partial charge in [-0.15, -0.1) is 0 Å². The van der Waals surface area contributed by atoms with Crippen molar-refractivity contribution in [1.82, 2.24) is 43.9 Å². The van der Waals surface area contributed by atoms with Crippen molar-refractivity contribution in [3.63, 3.8) is 0 Å². The van der Waals surface area contributed by atoms with Crippen molar-refractivity contribution < 1.29 is 33.3 Å². The first-order valence-electron chi connectivity index (χ1n) is 18.2. The van der Waals surface area contributed by atoms with Crippen molar-refractivity contribution in [2.75, 3.05) is 47.1 Å². The monoisotopic (exact) mass is 771 g/mol. The van der Waals surface area contributed by atoms with Gasteiger partial charge in [0.15, 0.2) is 11.5 Å². The summed E-state index contributed by atoms with van der Waals surface area (Å²) in [7, 11) is 2.94. The van der Waals surface area contributed by atoms with Crippen LogP contribution >= 0.6 is 0 Å². The van der Waals surface area contributed by atoms with Crippen LogP contribution in [0.25, 0.3) is 22.1 Å². The number of nitrogens with zero attached hydrogens (tertiary/aromatic N) is 9. The molecule has 2 aliphatic rings. The van der Waals surface area contributed by atoms with E-state index in [4.69, 9.17) is 23.7 Å². The fourth-order valence-electron chi connectivity index (χ4n) is 6.38. The van der Waals surface area contributed by atoms with E-state index in [1.54, 1.807) is 40.2 Å². The second-order valence-corrected chi connectivity index (χ2v) is 14.0. The maximum Gasteiger partial charge on any atom is 0.410 e. The normalized spacial score (nSPS) is 14.4. The fraction of sp³-hybridized carbons (Fsp3) is 0.447. The molecule has 0 N–H and O–H groups in total. The van der Waals surface area contributed by atoms with E-state index in [0.717, 1.165) is 31.3 Å². The molecule has 296 valence electrons. The van der Waals surface area contributed by atoms with E-state index >= 15 is 0 Å². The average Bonchev–Trinajstić information content (AvgIpc) is 3.20. The van der Waals surface area contributed by atoms with Crippen molar-refractivity contribution in [1.29, 1.82) is 0 Å². The number of amides is 1. The van der Waals surface area contributed by atoms with Gasteiger partial charge < -0.3 is 33.4 Å². The van der Waals surface area contributed by atoms with Gasteiger partial charge in [-0.1, -0.05) is 0 Å². The minimum atomic E-state index is -0.617. The summed E-state index contributed by atoms with van der Waals surface area (Å²) >= 11 is 0. The highest BCUT2D eigenvalue weighted by molar-refractivity contribution is 5.75. The van der Waals surface area contributed by atoms with Gasteiger partial charge in [-0.05, 0) is 45.7 Å². The van der Waals surface area contributed by atoms with Crippen LogP contribution in [0.1, 0.15) is 39.3 Å². The number of carbonyl (C=O) groups is 2. The Labute approximate surface area is 322 Å². The Bertz CT molecular complexity index is 2300. The maximum absolute atomic E-state index is 13.3. The molecule has 0 aliphatic carbocycles. The van der Waals surface area contributed by atoms with Gasteiger partial charge in [0, 0.05) is 73.6 Å². The SMILES string of the molecule is COc1ncc2ccc(=O)n(CC=O)c2n1.COc1ncc2ccc(=O)n(CCN3CCC(N(Cc4cc5c(cn4)OCCO5)C(=O)OC(C)(C)C)CC3)c2n1. The first-order valence-corrected chi connectivity index (χ1v) is 18.2. The summed E-state index contributed by atoms with van der Waals surface area (Å²) in [5.74, 6) is 1.25. The van der Waals surface area contributed by atoms with Crippen molar-refractivity contribution in [2.24, 2.45) is 0 Å². The van der Waals surface area contributed by atoms with Gasteiger partial charge in [-0.3, -0.25) is 28.6 Å². The number of hydrogen-bond acceptors (Lipinski definition) is 15. The molecule has 0 spiro atoms. The zero-order chi connectivity index (χ0) is 39.8. The molecule has 5 aromatic heterocycles. The van der Waals surface area contributed by atoms with E-state index in [0.29, 0.717) is 73.0 Å². The molecule has 0 bridgehead atoms.